The molecule has 0 radical (unpaired) electrons. The van der Waals surface area contributed by atoms with E-state index in [0.717, 1.165) is 44.3 Å². The van der Waals surface area contributed by atoms with Gasteiger partial charge < -0.3 is 15.7 Å². The molecule has 0 bridgehead atoms. The first kappa shape index (κ1) is 14.8. The van der Waals surface area contributed by atoms with Crippen LogP contribution in [0.15, 0.2) is 18.5 Å². The summed E-state index contributed by atoms with van der Waals surface area (Å²) >= 11 is 0. The smallest absolute Gasteiger partial charge is 0.253 e. The van der Waals surface area contributed by atoms with Crippen molar-refractivity contribution in [3.8, 4) is 0 Å². The van der Waals surface area contributed by atoms with Gasteiger partial charge in [0.1, 0.15) is 0 Å². The molecule has 1 amide bonds. The standard InChI is InChI=1S/C15H23N3O2/c1-2-8-17-14-10-16-9-7-13(14)15(20)18-11-3-5-12(19)6-4-11/h7,9-12,17,19H,2-6,8H2,1H3,(H,18,20). The third-order valence-electron chi connectivity index (χ3n) is 3.66. The van der Waals surface area contributed by atoms with Crippen LogP contribution in [0, 0.1) is 0 Å². The Balaban J connectivity index is 1.98. The summed E-state index contributed by atoms with van der Waals surface area (Å²) in [5.41, 5.74) is 1.42. The Labute approximate surface area is 119 Å². The minimum absolute atomic E-state index is 0.0626. The minimum Gasteiger partial charge on any atom is -0.393 e. The number of rotatable bonds is 5. The third kappa shape index (κ3) is 3.93. The molecular weight excluding hydrogens is 254 g/mol. The summed E-state index contributed by atoms with van der Waals surface area (Å²) in [6, 6.07) is 1.91. The van der Waals surface area contributed by atoms with Gasteiger partial charge in [-0.3, -0.25) is 9.78 Å². The molecule has 0 unspecified atom stereocenters. The van der Waals surface area contributed by atoms with E-state index in [-0.39, 0.29) is 18.1 Å². The summed E-state index contributed by atoms with van der Waals surface area (Å²) in [7, 11) is 0. The van der Waals surface area contributed by atoms with Crippen molar-refractivity contribution in [2.24, 2.45) is 0 Å². The molecule has 1 heterocycles. The van der Waals surface area contributed by atoms with Crippen LogP contribution in [-0.4, -0.2) is 34.7 Å². The fourth-order valence-corrected chi connectivity index (χ4v) is 2.48. The van der Waals surface area contributed by atoms with Crippen molar-refractivity contribution in [2.75, 3.05) is 11.9 Å². The Morgan fingerprint density at radius 2 is 2.15 bits per heavy atom. The predicted octanol–water partition coefficient (Wildman–Crippen LogP) is 1.94. The third-order valence-corrected chi connectivity index (χ3v) is 3.66. The van der Waals surface area contributed by atoms with Crippen molar-refractivity contribution in [3.63, 3.8) is 0 Å². The van der Waals surface area contributed by atoms with E-state index in [4.69, 9.17) is 0 Å². The van der Waals surface area contributed by atoms with Gasteiger partial charge in [-0.05, 0) is 38.2 Å². The fourth-order valence-electron chi connectivity index (χ4n) is 2.48. The van der Waals surface area contributed by atoms with Gasteiger partial charge in [-0.1, -0.05) is 6.92 Å². The van der Waals surface area contributed by atoms with Crippen LogP contribution in [0.3, 0.4) is 0 Å². The average Bonchev–Trinajstić information content (AvgIpc) is 2.47. The average molecular weight is 277 g/mol. The number of anilines is 1. The molecule has 0 saturated heterocycles. The topological polar surface area (TPSA) is 74.2 Å². The highest BCUT2D eigenvalue weighted by Gasteiger charge is 2.22. The van der Waals surface area contributed by atoms with Crippen molar-refractivity contribution in [3.05, 3.63) is 24.0 Å². The van der Waals surface area contributed by atoms with Gasteiger partial charge in [0.2, 0.25) is 0 Å². The maximum Gasteiger partial charge on any atom is 0.253 e. The van der Waals surface area contributed by atoms with Crippen LogP contribution in [-0.2, 0) is 0 Å². The second-order valence-corrected chi connectivity index (χ2v) is 5.33. The number of pyridine rings is 1. The van der Waals surface area contributed by atoms with Gasteiger partial charge in [0.25, 0.3) is 5.91 Å². The normalized spacial score (nSPS) is 22.3. The molecule has 1 aliphatic carbocycles. The number of hydrogen-bond acceptors (Lipinski definition) is 4. The Morgan fingerprint density at radius 3 is 2.85 bits per heavy atom. The first-order valence-electron chi connectivity index (χ1n) is 7.37. The number of aromatic nitrogens is 1. The lowest BCUT2D eigenvalue weighted by Crippen LogP contribution is -2.38. The molecule has 2 rings (SSSR count). The predicted molar refractivity (Wildman–Crippen MR) is 78.7 cm³/mol. The van der Waals surface area contributed by atoms with E-state index < -0.39 is 0 Å². The van der Waals surface area contributed by atoms with Gasteiger partial charge in [0.15, 0.2) is 0 Å². The van der Waals surface area contributed by atoms with Crippen LogP contribution in [0.1, 0.15) is 49.4 Å². The summed E-state index contributed by atoms with van der Waals surface area (Å²) in [6.07, 6.45) is 7.34. The first-order valence-corrected chi connectivity index (χ1v) is 7.37. The van der Waals surface area contributed by atoms with Gasteiger partial charge in [0.05, 0.1) is 23.6 Å². The highest BCUT2D eigenvalue weighted by Crippen LogP contribution is 2.20. The lowest BCUT2D eigenvalue weighted by Gasteiger charge is -2.26. The Morgan fingerprint density at radius 1 is 1.40 bits per heavy atom. The maximum atomic E-state index is 12.3. The molecule has 0 atom stereocenters. The molecule has 1 aliphatic rings. The Hall–Kier alpha value is -1.62. The minimum atomic E-state index is -0.203. The van der Waals surface area contributed by atoms with Crippen LogP contribution < -0.4 is 10.6 Å². The van der Waals surface area contributed by atoms with Crippen molar-refractivity contribution in [1.29, 1.82) is 0 Å². The Bertz CT molecular complexity index is 442. The zero-order valence-electron chi connectivity index (χ0n) is 11.9. The van der Waals surface area contributed by atoms with Crippen LogP contribution >= 0.6 is 0 Å². The summed E-state index contributed by atoms with van der Waals surface area (Å²) in [5.74, 6) is -0.0626. The summed E-state index contributed by atoms with van der Waals surface area (Å²) in [4.78, 5) is 16.4. The van der Waals surface area contributed by atoms with E-state index in [1.165, 1.54) is 0 Å². The quantitative estimate of drug-likeness (QED) is 0.769. The van der Waals surface area contributed by atoms with Crippen molar-refractivity contribution in [2.45, 2.75) is 51.2 Å². The molecule has 110 valence electrons. The SMILES string of the molecule is CCCNc1cnccc1C(=O)NC1CCC(O)CC1. The molecule has 5 heteroatoms. The monoisotopic (exact) mass is 277 g/mol. The van der Waals surface area contributed by atoms with Crippen LogP contribution in [0.2, 0.25) is 0 Å². The second kappa shape index (κ2) is 7.24. The molecule has 5 nitrogen and oxygen atoms in total. The number of carbonyl (C=O) groups is 1. The largest absolute Gasteiger partial charge is 0.393 e. The van der Waals surface area contributed by atoms with Gasteiger partial charge >= 0.3 is 0 Å². The molecule has 0 spiro atoms. The lowest BCUT2D eigenvalue weighted by molar-refractivity contribution is 0.0868. The van der Waals surface area contributed by atoms with Crippen molar-refractivity contribution in [1.82, 2.24) is 10.3 Å². The van der Waals surface area contributed by atoms with Crippen LogP contribution in [0.5, 0.6) is 0 Å². The molecule has 0 aliphatic heterocycles. The van der Waals surface area contributed by atoms with Gasteiger partial charge in [-0.25, -0.2) is 0 Å². The summed E-state index contributed by atoms with van der Waals surface area (Å²) in [5, 5.41) is 15.8. The zero-order chi connectivity index (χ0) is 14.4. The van der Waals surface area contributed by atoms with Crippen molar-refractivity contribution >= 4 is 11.6 Å². The molecule has 1 saturated carbocycles. The van der Waals surface area contributed by atoms with Crippen LogP contribution in [0.25, 0.3) is 0 Å². The summed E-state index contributed by atoms with van der Waals surface area (Å²) in [6.45, 7) is 2.90. The van der Waals surface area contributed by atoms with Gasteiger partial charge in [-0.15, -0.1) is 0 Å². The van der Waals surface area contributed by atoms with Gasteiger partial charge in [-0.2, -0.15) is 0 Å². The second-order valence-electron chi connectivity index (χ2n) is 5.33. The zero-order valence-corrected chi connectivity index (χ0v) is 11.9. The number of nitrogens with one attached hydrogen (secondary N) is 2. The van der Waals surface area contributed by atoms with E-state index >= 15 is 0 Å². The molecule has 0 aromatic carbocycles. The lowest BCUT2D eigenvalue weighted by atomic mass is 9.93. The molecule has 1 fully saturated rings. The number of hydrogen-bond donors (Lipinski definition) is 3. The Kier molecular flexibility index (Phi) is 5.35. The van der Waals surface area contributed by atoms with Crippen molar-refractivity contribution < 1.29 is 9.90 Å². The number of aliphatic hydroxyl groups is 1. The number of nitrogens with zero attached hydrogens (tertiary/aromatic N) is 1. The molecule has 1 aromatic rings. The molecule has 3 N–H and O–H groups in total. The highest BCUT2D eigenvalue weighted by molar-refractivity contribution is 5.99. The molecule has 20 heavy (non-hydrogen) atoms. The van der Waals surface area contributed by atoms with E-state index in [1.807, 2.05) is 0 Å². The van der Waals surface area contributed by atoms with Crippen LogP contribution in [0.4, 0.5) is 5.69 Å². The molecular formula is C15H23N3O2. The highest BCUT2D eigenvalue weighted by atomic mass is 16.3. The van der Waals surface area contributed by atoms with E-state index in [0.29, 0.717) is 5.56 Å². The molecule has 1 aromatic heterocycles. The van der Waals surface area contributed by atoms with E-state index in [9.17, 15) is 9.90 Å². The number of aliphatic hydroxyl groups excluding tert-OH is 1. The van der Waals surface area contributed by atoms with E-state index in [1.54, 1.807) is 18.5 Å². The van der Waals surface area contributed by atoms with E-state index in [2.05, 4.69) is 22.5 Å². The fraction of sp³-hybridized carbons (Fsp3) is 0.600. The summed E-state index contributed by atoms with van der Waals surface area (Å²) < 4.78 is 0. The van der Waals surface area contributed by atoms with Gasteiger partial charge in [0, 0.05) is 18.8 Å². The number of amides is 1. The maximum absolute atomic E-state index is 12.3. The first-order chi connectivity index (χ1) is 9.70. The number of carbonyl (C=O) groups excluding carboxylic acids is 1.